The molecule has 2 aliphatic carbocycles. The van der Waals surface area contributed by atoms with E-state index >= 15 is 0 Å². The van der Waals surface area contributed by atoms with Gasteiger partial charge in [0.05, 0.1) is 37.8 Å². The number of rotatable bonds is 12. The topological polar surface area (TPSA) is 177 Å². The minimum Gasteiger partial charge on any atom is -0.382 e. The van der Waals surface area contributed by atoms with Crippen LogP contribution in [0, 0.1) is 49.4 Å². The fourth-order valence-corrected chi connectivity index (χ4v) is 8.02. The van der Waals surface area contributed by atoms with Gasteiger partial charge in [-0.2, -0.15) is 0 Å². The van der Waals surface area contributed by atoms with Gasteiger partial charge in [-0.25, -0.2) is 9.97 Å². The van der Waals surface area contributed by atoms with Crippen molar-refractivity contribution in [2.75, 3.05) is 40.5 Å². The third-order valence-corrected chi connectivity index (χ3v) is 11.7. The summed E-state index contributed by atoms with van der Waals surface area (Å²) in [7, 11) is 3.03. The smallest absolute Gasteiger partial charge is 0.269 e. The lowest BCUT2D eigenvalue weighted by Gasteiger charge is -2.14. The molecule has 2 saturated heterocycles. The number of nitrogens with zero attached hydrogens (tertiary/aromatic N) is 2. The second kappa shape index (κ2) is 16.5. The molecule has 4 heterocycles. The van der Waals surface area contributed by atoms with Crippen LogP contribution in [0.4, 0.5) is 0 Å². The summed E-state index contributed by atoms with van der Waals surface area (Å²) >= 11 is 0. The Kier molecular flexibility index (Phi) is 11.5. The Hall–Kier alpha value is -5.14. The number of aromatic nitrogens is 2. The number of benzene rings is 2. The summed E-state index contributed by atoms with van der Waals surface area (Å²) in [5.41, 5.74) is 5.19. The molecule has 0 spiro atoms. The summed E-state index contributed by atoms with van der Waals surface area (Å²) in [4.78, 5) is 58.6. The first-order valence-corrected chi connectivity index (χ1v) is 19.1. The molecule has 12 nitrogen and oxygen atoms in total. The van der Waals surface area contributed by atoms with Gasteiger partial charge in [-0.15, -0.1) is 0 Å². The van der Waals surface area contributed by atoms with E-state index in [0.29, 0.717) is 82.0 Å². The molecule has 4 N–H and O–H groups in total. The number of carbonyl (C=O) groups excluding carboxylic acids is 4. The number of aliphatic hydroxyl groups excluding tert-OH is 2. The Bertz CT molecular complexity index is 1950. The monoisotopic (exact) mass is 760 g/mol. The van der Waals surface area contributed by atoms with Crippen LogP contribution in [-0.4, -0.2) is 84.1 Å². The summed E-state index contributed by atoms with van der Waals surface area (Å²) in [5, 5.41) is 26.6. The van der Waals surface area contributed by atoms with Crippen LogP contribution >= 0.6 is 0 Å². The summed E-state index contributed by atoms with van der Waals surface area (Å²) < 4.78 is 10.8. The van der Waals surface area contributed by atoms with Crippen LogP contribution in [0.2, 0.25) is 0 Å². The van der Waals surface area contributed by atoms with Crippen molar-refractivity contribution in [3.8, 4) is 0 Å². The van der Waals surface area contributed by atoms with Crippen molar-refractivity contribution in [3.63, 3.8) is 0 Å². The van der Waals surface area contributed by atoms with Crippen LogP contribution in [0.1, 0.15) is 100 Å². The number of fused-ring (bicyclic) bond motifs is 2. The number of nitrogens with one attached hydrogen (secondary N) is 2. The number of aliphatic hydroxyl groups is 2. The highest BCUT2D eigenvalue weighted by Gasteiger charge is 2.55. The van der Waals surface area contributed by atoms with Crippen LogP contribution in [0.5, 0.6) is 0 Å². The second-order valence-electron chi connectivity index (χ2n) is 15.4. The summed E-state index contributed by atoms with van der Waals surface area (Å²) in [5.74, 6) is 1.86. The van der Waals surface area contributed by atoms with Gasteiger partial charge >= 0.3 is 0 Å². The van der Waals surface area contributed by atoms with Crippen LogP contribution in [0.15, 0.2) is 72.8 Å². The number of Topliss-reactive ketones (excluding diaryl/α,β-unsaturated/α-hetero) is 2. The minimum absolute atomic E-state index is 0.0238. The van der Waals surface area contributed by atoms with Crippen molar-refractivity contribution in [2.24, 2.45) is 35.5 Å². The van der Waals surface area contributed by atoms with Crippen molar-refractivity contribution in [1.82, 2.24) is 20.6 Å². The maximum atomic E-state index is 12.9. The highest BCUT2D eigenvalue weighted by Crippen LogP contribution is 2.53. The molecule has 4 aromatic rings. The van der Waals surface area contributed by atoms with Gasteiger partial charge in [0, 0.05) is 38.1 Å². The van der Waals surface area contributed by atoms with E-state index in [2.05, 4.69) is 20.6 Å². The van der Waals surface area contributed by atoms with Crippen LogP contribution in [-0.2, 0) is 9.47 Å². The lowest BCUT2D eigenvalue weighted by Crippen LogP contribution is -2.21. The Morgan fingerprint density at radius 3 is 1.27 bits per heavy atom. The summed E-state index contributed by atoms with van der Waals surface area (Å²) in [6, 6.07) is 21.1. The summed E-state index contributed by atoms with van der Waals surface area (Å²) in [6.45, 7) is 6.88. The molecule has 2 aromatic heterocycles. The molecule has 12 heteroatoms. The van der Waals surface area contributed by atoms with Gasteiger partial charge < -0.3 is 30.3 Å². The van der Waals surface area contributed by atoms with E-state index in [-0.39, 0.29) is 34.8 Å². The predicted octanol–water partition coefficient (Wildman–Crippen LogP) is 4.59. The van der Waals surface area contributed by atoms with Crippen molar-refractivity contribution in [2.45, 2.75) is 38.9 Å². The number of hydrogen-bond acceptors (Lipinski definition) is 10. The molecule has 2 unspecified atom stereocenters. The first-order valence-electron chi connectivity index (χ1n) is 19.1. The summed E-state index contributed by atoms with van der Waals surface area (Å²) in [6.07, 6.45) is -1.14. The van der Waals surface area contributed by atoms with Crippen LogP contribution in [0.25, 0.3) is 0 Å². The molecule has 8 rings (SSSR count). The van der Waals surface area contributed by atoms with Crippen LogP contribution in [0.3, 0.4) is 0 Å². The standard InChI is InChI=1S/2C22H24N2O4/c2*1-12-3-5-13(6-4-12)21(26)18-7-14(8-19(24-18)22(27)23-2)20(25)9-15-16-10-28-11-17(15)16/h2*3-8,15-17,21,26H,9-11H2,1-2H3,(H,23,27)/t2*15?,16-,17+,21-/m10/s1. The average molecular weight is 761 g/mol. The van der Waals surface area contributed by atoms with Gasteiger partial charge in [0.1, 0.15) is 23.6 Å². The maximum Gasteiger partial charge on any atom is 0.269 e. The first-order chi connectivity index (χ1) is 26.9. The zero-order valence-electron chi connectivity index (χ0n) is 32.0. The van der Waals surface area contributed by atoms with Gasteiger partial charge in [0.2, 0.25) is 0 Å². The highest BCUT2D eigenvalue weighted by atomic mass is 16.5. The van der Waals surface area contributed by atoms with Crippen molar-refractivity contribution in [3.05, 3.63) is 129 Å². The third kappa shape index (κ3) is 8.48. The molecule has 8 atom stereocenters. The number of carbonyl (C=O) groups is 4. The van der Waals surface area contributed by atoms with E-state index in [1.54, 1.807) is 12.1 Å². The van der Waals surface area contributed by atoms with E-state index in [0.717, 1.165) is 37.6 Å². The van der Waals surface area contributed by atoms with Gasteiger partial charge in [0.15, 0.2) is 11.6 Å². The number of ether oxygens (including phenoxy) is 2. The van der Waals surface area contributed by atoms with Gasteiger partial charge in [-0.3, -0.25) is 19.2 Å². The Balaban J connectivity index is 0.000000172. The Morgan fingerprint density at radius 2 is 0.946 bits per heavy atom. The molecule has 56 heavy (non-hydrogen) atoms. The van der Waals surface area contributed by atoms with Gasteiger partial charge in [-0.05, 0) is 84.7 Å². The molecule has 0 bridgehead atoms. The quantitative estimate of drug-likeness (QED) is 0.149. The number of hydrogen-bond donors (Lipinski definition) is 4. The molecule has 292 valence electrons. The number of aryl methyl sites for hydroxylation is 2. The van der Waals surface area contributed by atoms with E-state index in [1.807, 2.05) is 62.4 Å². The van der Waals surface area contributed by atoms with E-state index in [1.165, 1.54) is 26.2 Å². The maximum absolute atomic E-state index is 12.9. The number of amides is 2. The molecule has 4 aliphatic rings. The third-order valence-electron chi connectivity index (χ3n) is 11.7. The minimum atomic E-state index is -1.01. The zero-order chi connectivity index (χ0) is 39.7. The molecule has 4 fully saturated rings. The molecular formula is C44H48N4O8. The SMILES string of the molecule is CNC(=O)c1cc(C(=O)CC2[C@H]3COC[C@@H]23)cc([C@@H](O)c2ccc(C)cc2)n1.CNC(=O)c1cc(C(=O)CC2[C@H]3COC[C@@H]23)cc([C@H](O)c2ccc(C)cc2)n1. The number of ketones is 2. The second-order valence-corrected chi connectivity index (χ2v) is 15.4. The van der Waals surface area contributed by atoms with E-state index < -0.39 is 12.2 Å². The fraction of sp³-hybridized carbons (Fsp3) is 0.409. The Labute approximate surface area is 326 Å². The molecular weight excluding hydrogens is 713 g/mol. The predicted molar refractivity (Wildman–Crippen MR) is 206 cm³/mol. The molecule has 0 radical (unpaired) electrons. The van der Waals surface area contributed by atoms with Crippen LogP contribution < -0.4 is 10.6 Å². The van der Waals surface area contributed by atoms with E-state index in [9.17, 15) is 29.4 Å². The lowest BCUT2D eigenvalue weighted by atomic mass is 9.99. The average Bonchev–Trinajstić information content (AvgIpc) is 3.80. The van der Waals surface area contributed by atoms with Crippen molar-refractivity contribution < 1.29 is 38.9 Å². The molecule has 2 aliphatic heterocycles. The molecule has 2 saturated carbocycles. The van der Waals surface area contributed by atoms with Gasteiger partial charge in [-0.1, -0.05) is 59.7 Å². The van der Waals surface area contributed by atoms with E-state index in [4.69, 9.17) is 9.47 Å². The first kappa shape index (κ1) is 39.1. The Morgan fingerprint density at radius 1 is 0.607 bits per heavy atom. The molecule has 2 aromatic carbocycles. The largest absolute Gasteiger partial charge is 0.382 e. The lowest BCUT2D eigenvalue weighted by molar-refractivity contribution is 0.0936. The number of pyridine rings is 2. The van der Waals surface area contributed by atoms with Crippen molar-refractivity contribution >= 4 is 23.4 Å². The normalized spacial score (nSPS) is 23.8. The highest BCUT2D eigenvalue weighted by molar-refractivity contribution is 6.01. The fourth-order valence-electron chi connectivity index (χ4n) is 8.02. The van der Waals surface area contributed by atoms with Gasteiger partial charge in [0.25, 0.3) is 11.8 Å². The molecule has 2 amide bonds. The van der Waals surface area contributed by atoms with Crippen molar-refractivity contribution in [1.29, 1.82) is 0 Å². The zero-order valence-corrected chi connectivity index (χ0v) is 32.0.